The average molecular weight is 351 g/mol. The van der Waals surface area contributed by atoms with Crippen molar-refractivity contribution in [3.63, 3.8) is 0 Å². The van der Waals surface area contributed by atoms with Crippen LogP contribution in [-0.2, 0) is 22.6 Å². The van der Waals surface area contributed by atoms with E-state index >= 15 is 0 Å². The van der Waals surface area contributed by atoms with Crippen molar-refractivity contribution in [3.8, 4) is 9.88 Å². The molecule has 0 N–H and O–H groups in total. The number of thiazole rings is 1. The third-order valence-corrected chi connectivity index (χ3v) is 4.96. The van der Waals surface area contributed by atoms with Gasteiger partial charge in [-0.05, 0) is 17.5 Å². The highest BCUT2D eigenvalue weighted by molar-refractivity contribution is 7.20. The second kappa shape index (κ2) is 6.97. The van der Waals surface area contributed by atoms with E-state index in [0.717, 1.165) is 16.0 Å². The van der Waals surface area contributed by atoms with Crippen LogP contribution in [0, 0.1) is 11.6 Å². The third-order valence-electron chi connectivity index (χ3n) is 3.03. The molecule has 7 heteroatoms. The number of hydrogen-bond donors (Lipinski definition) is 0. The minimum atomic E-state index is -0.992. The first-order chi connectivity index (χ1) is 11.1. The molecular formula is C16H11F2NO2S2. The van der Waals surface area contributed by atoms with E-state index in [1.54, 1.807) is 16.7 Å². The smallest absolute Gasteiger partial charge is 0.312 e. The van der Waals surface area contributed by atoms with E-state index in [1.165, 1.54) is 23.5 Å². The van der Waals surface area contributed by atoms with E-state index in [-0.39, 0.29) is 18.6 Å². The van der Waals surface area contributed by atoms with Gasteiger partial charge in [0.2, 0.25) is 0 Å². The van der Waals surface area contributed by atoms with Gasteiger partial charge in [-0.1, -0.05) is 18.2 Å². The molecule has 0 spiro atoms. The maximum absolute atomic E-state index is 13.5. The van der Waals surface area contributed by atoms with E-state index in [1.807, 2.05) is 17.5 Å². The summed E-state index contributed by atoms with van der Waals surface area (Å²) in [6, 6.07) is 7.65. The summed E-state index contributed by atoms with van der Waals surface area (Å²) in [6.45, 7) is -0.301. The number of nitrogens with zero attached hydrogens (tertiary/aromatic N) is 1. The predicted molar refractivity (Wildman–Crippen MR) is 85.3 cm³/mol. The number of carbonyl (C=O) groups is 1. The molecule has 0 saturated heterocycles. The number of carbonyl (C=O) groups excluding carboxylic acids is 1. The Kier molecular flexibility index (Phi) is 4.78. The zero-order valence-corrected chi connectivity index (χ0v) is 13.4. The fourth-order valence-electron chi connectivity index (χ4n) is 1.92. The van der Waals surface area contributed by atoms with Gasteiger partial charge in [0.05, 0.1) is 17.0 Å². The SMILES string of the molecule is O=C(Cc1csc(-c2cccs2)n1)OCc1cccc(F)c1F. The first-order valence-electron chi connectivity index (χ1n) is 6.70. The highest BCUT2D eigenvalue weighted by Crippen LogP contribution is 2.28. The maximum Gasteiger partial charge on any atom is 0.312 e. The summed E-state index contributed by atoms with van der Waals surface area (Å²) in [5, 5.41) is 4.59. The molecule has 0 saturated carbocycles. The number of aromatic nitrogens is 1. The summed E-state index contributed by atoms with van der Waals surface area (Å²) in [6.07, 6.45) is -0.00118. The van der Waals surface area contributed by atoms with E-state index in [2.05, 4.69) is 4.98 Å². The summed E-state index contributed by atoms with van der Waals surface area (Å²) < 4.78 is 31.5. The van der Waals surface area contributed by atoms with Crippen molar-refractivity contribution >= 4 is 28.6 Å². The first kappa shape index (κ1) is 15.8. The summed E-state index contributed by atoms with van der Waals surface area (Å²) in [5.41, 5.74) is 0.610. The number of benzene rings is 1. The van der Waals surface area contributed by atoms with Crippen molar-refractivity contribution in [2.24, 2.45) is 0 Å². The van der Waals surface area contributed by atoms with Crippen molar-refractivity contribution in [1.29, 1.82) is 0 Å². The Bertz CT molecular complexity index is 815. The van der Waals surface area contributed by atoms with Gasteiger partial charge in [0.25, 0.3) is 0 Å². The Morgan fingerprint density at radius 3 is 2.83 bits per heavy atom. The molecule has 1 aromatic carbocycles. The minimum absolute atomic E-state index is 0.00118. The van der Waals surface area contributed by atoms with E-state index in [4.69, 9.17) is 4.74 Å². The van der Waals surface area contributed by atoms with Crippen LogP contribution in [0.4, 0.5) is 8.78 Å². The Labute approximate surface area is 139 Å². The largest absolute Gasteiger partial charge is 0.460 e. The molecule has 0 aliphatic rings. The molecule has 23 heavy (non-hydrogen) atoms. The van der Waals surface area contributed by atoms with Crippen LogP contribution in [0.15, 0.2) is 41.1 Å². The van der Waals surface area contributed by atoms with Gasteiger partial charge in [-0.25, -0.2) is 13.8 Å². The van der Waals surface area contributed by atoms with Gasteiger partial charge >= 0.3 is 5.97 Å². The molecule has 118 valence electrons. The first-order valence-corrected chi connectivity index (χ1v) is 8.46. The third kappa shape index (κ3) is 3.80. The molecule has 0 amide bonds. The molecule has 0 unspecified atom stereocenters. The zero-order chi connectivity index (χ0) is 16.2. The average Bonchev–Trinajstić information content (AvgIpc) is 3.19. The highest BCUT2D eigenvalue weighted by Gasteiger charge is 2.13. The van der Waals surface area contributed by atoms with Crippen LogP contribution in [0.3, 0.4) is 0 Å². The topological polar surface area (TPSA) is 39.2 Å². The quantitative estimate of drug-likeness (QED) is 0.638. The van der Waals surface area contributed by atoms with Gasteiger partial charge in [-0.3, -0.25) is 4.79 Å². The number of esters is 1. The summed E-state index contributed by atoms with van der Waals surface area (Å²) in [7, 11) is 0. The predicted octanol–water partition coefficient (Wildman–Crippen LogP) is 4.44. The number of thiophene rings is 1. The summed E-state index contributed by atoms with van der Waals surface area (Å²) in [5.74, 6) is -2.48. The summed E-state index contributed by atoms with van der Waals surface area (Å²) >= 11 is 3.02. The van der Waals surface area contributed by atoms with Crippen molar-refractivity contribution < 1.29 is 18.3 Å². The van der Waals surface area contributed by atoms with E-state index < -0.39 is 17.6 Å². The number of halogens is 2. The van der Waals surface area contributed by atoms with Gasteiger partial charge < -0.3 is 4.74 Å². The Balaban J connectivity index is 1.58. The standard InChI is InChI=1S/C16H11F2NO2S2/c17-12-4-1-3-10(15(12)18)8-21-14(20)7-11-9-23-16(19-11)13-5-2-6-22-13/h1-6,9H,7-8H2. The van der Waals surface area contributed by atoms with Gasteiger partial charge in [0.1, 0.15) is 11.6 Å². The van der Waals surface area contributed by atoms with Crippen LogP contribution >= 0.6 is 22.7 Å². The van der Waals surface area contributed by atoms with Crippen LogP contribution in [0.2, 0.25) is 0 Å². The molecule has 0 fully saturated rings. The molecule has 0 aliphatic carbocycles. The molecule has 3 nitrogen and oxygen atoms in total. The van der Waals surface area contributed by atoms with Gasteiger partial charge in [0.15, 0.2) is 11.6 Å². The monoisotopic (exact) mass is 351 g/mol. The van der Waals surface area contributed by atoms with Crippen molar-refractivity contribution in [2.45, 2.75) is 13.0 Å². The number of hydrogen-bond acceptors (Lipinski definition) is 5. The highest BCUT2D eigenvalue weighted by atomic mass is 32.1. The lowest BCUT2D eigenvalue weighted by atomic mass is 10.2. The number of rotatable bonds is 5. The van der Waals surface area contributed by atoms with Crippen molar-refractivity contribution in [3.05, 3.63) is 64.0 Å². The lowest BCUT2D eigenvalue weighted by Gasteiger charge is -2.05. The summed E-state index contributed by atoms with van der Waals surface area (Å²) in [4.78, 5) is 17.2. The van der Waals surface area contributed by atoms with Crippen molar-refractivity contribution in [2.75, 3.05) is 0 Å². The van der Waals surface area contributed by atoms with Crippen molar-refractivity contribution in [1.82, 2.24) is 4.98 Å². The van der Waals surface area contributed by atoms with Crippen LogP contribution < -0.4 is 0 Å². The fourth-order valence-corrected chi connectivity index (χ4v) is 3.55. The molecule has 0 aliphatic heterocycles. The van der Waals surface area contributed by atoms with Gasteiger partial charge in [0, 0.05) is 10.9 Å². The molecule has 0 atom stereocenters. The van der Waals surface area contributed by atoms with E-state index in [0.29, 0.717) is 5.69 Å². The molecule has 0 radical (unpaired) electrons. The van der Waals surface area contributed by atoms with Crippen LogP contribution in [-0.4, -0.2) is 11.0 Å². The number of ether oxygens (including phenoxy) is 1. The zero-order valence-electron chi connectivity index (χ0n) is 11.8. The second-order valence-electron chi connectivity index (χ2n) is 4.67. The molecule has 3 rings (SSSR count). The lowest BCUT2D eigenvalue weighted by molar-refractivity contribution is -0.144. The Morgan fingerprint density at radius 1 is 1.17 bits per heavy atom. The normalized spacial score (nSPS) is 10.7. The molecule has 3 aromatic rings. The minimum Gasteiger partial charge on any atom is -0.460 e. The van der Waals surface area contributed by atoms with Gasteiger partial charge in [-0.15, -0.1) is 22.7 Å². The Morgan fingerprint density at radius 2 is 2.04 bits per heavy atom. The van der Waals surface area contributed by atoms with E-state index in [9.17, 15) is 13.6 Å². The molecule has 2 aromatic heterocycles. The second-order valence-corrected chi connectivity index (χ2v) is 6.48. The van der Waals surface area contributed by atoms with Crippen LogP contribution in [0.25, 0.3) is 9.88 Å². The van der Waals surface area contributed by atoms with Gasteiger partial charge in [-0.2, -0.15) is 0 Å². The Hall–Kier alpha value is -2.12. The fraction of sp³-hybridized carbons (Fsp3) is 0.125. The van der Waals surface area contributed by atoms with Crippen LogP contribution in [0.1, 0.15) is 11.3 Å². The van der Waals surface area contributed by atoms with Crippen LogP contribution in [0.5, 0.6) is 0 Å². The lowest BCUT2D eigenvalue weighted by Crippen LogP contribution is -2.09. The molecule has 0 bridgehead atoms. The molecule has 2 heterocycles. The maximum atomic E-state index is 13.5. The molecular weight excluding hydrogens is 340 g/mol.